The fourth-order valence-electron chi connectivity index (χ4n) is 1.61. The van der Waals surface area contributed by atoms with Gasteiger partial charge in [-0.2, -0.15) is 0 Å². The largest absolute Gasteiger partial charge is 0.372 e. The molecule has 0 spiro atoms. The summed E-state index contributed by atoms with van der Waals surface area (Å²) in [6.07, 6.45) is 1.29. The van der Waals surface area contributed by atoms with Crippen LogP contribution in [-0.2, 0) is 4.57 Å². The lowest BCUT2D eigenvalue weighted by Crippen LogP contribution is -2.07. The Labute approximate surface area is 90.6 Å². The maximum Gasteiger partial charge on any atom is 0.372 e. The summed E-state index contributed by atoms with van der Waals surface area (Å²) in [5, 5.41) is 0.578. The van der Waals surface area contributed by atoms with E-state index in [-0.39, 0.29) is 17.3 Å². The number of aromatic nitrogens is 1. The predicted octanol–water partition coefficient (Wildman–Crippen LogP) is 1.91. The van der Waals surface area contributed by atoms with Gasteiger partial charge in [0.1, 0.15) is 5.44 Å². The number of halogens is 1. The molecule has 0 aliphatic rings. The van der Waals surface area contributed by atoms with E-state index in [0.717, 1.165) is 6.08 Å². The number of aromatic amines is 1. The molecule has 16 heavy (non-hydrogen) atoms. The number of rotatable bonds is 2. The van der Waals surface area contributed by atoms with Crippen LogP contribution in [0.2, 0.25) is 0 Å². The number of H-pyrrole nitrogens is 1. The number of para-hydroxylation sites is 1. The molecule has 0 atom stereocenters. The molecule has 2 aromatic rings. The summed E-state index contributed by atoms with van der Waals surface area (Å²) in [4.78, 5) is 20.8. The normalized spacial score (nSPS) is 12.7. The molecule has 3 N–H and O–H groups in total. The van der Waals surface area contributed by atoms with Gasteiger partial charge in [-0.1, -0.05) is 18.2 Å². The van der Waals surface area contributed by atoms with E-state index in [1.807, 2.05) is 0 Å². The van der Waals surface area contributed by atoms with E-state index in [2.05, 4.69) is 4.98 Å². The molecule has 0 fully saturated rings. The summed E-state index contributed by atoms with van der Waals surface area (Å²) in [6, 6.07) is 6.78. The van der Waals surface area contributed by atoms with Gasteiger partial charge in [0.25, 0.3) is 0 Å². The maximum absolute atomic E-state index is 12.2. The van der Waals surface area contributed by atoms with E-state index < -0.39 is 7.60 Å². The highest BCUT2D eigenvalue weighted by Crippen LogP contribution is 2.37. The molecule has 4 nitrogen and oxygen atoms in total. The standard InChI is InChI=1S/C10H9FNO3P/c11-6-5-8-7-3-1-2-4-9(7)12-10(8)16(13,14)15/h1-6,12H,(H2,13,14,15). The Balaban J connectivity index is 2.83. The van der Waals surface area contributed by atoms with Gasteiger partial charge in [0.05, 0.1) is 6.33 Å². The van der Waals surface area contributed by atoms with Crippen molar-refractivity contribution in [1.82, 2.24) is 4.98 Å². The van der Waals surface area contributed by atoms with Crippen molar-refractivity contribution < 1.29 is 18.7 Å². The van der Waals surface area contributed by atoms with Crippen molar-refractivity contribution in [1.29, 1.82) is 0 Å². The number of nitrogens with one attached hydrogen (secondary N) is 1. The highest BCUT2D eigenvalue weighted by Gasteiger charge is 2.24. The van der Waals surface area contributed by atoms with Gasteiger partial charge in [0.15, 0.2) is 0 Å². The van der Waals surface area contributed by atoms with Crippen molar-refractivity contribution in [2.45, 2.75) is 0 Å². The zero-order chi connectivity index (χ0) is 11.8. The van der Waals surface area contributed by atoms with Crippen molar-refractivity contribution >= 4 is 30.0 Å². The van der Waals surface area contributed by atoms with Crippen molar-refractivity contribution in [2.24, 2.45) is 0 Å². The zero-order valence-electron chi connectivity index (χ0n) is 8.09. The molecular formula is C10H9FNO3P. The van der Waals surface area contributed by atoms with Crippen LogP contribution in [0.4, 0.5) is 4.39 Å². The summed E-state index contributed by atoms with van der Waals surface area (Å²) in [6.45, 7) is 0. The van der Waals surface area contributed by atoms with E-state index >= 15 is 0 Å². The molecule has 1 heterocycles. The van der Waals surface area contributed by atoms with Gasteiger partial charge in [-0.3, -0.25) is 4.57 Å². The van der Waals surface area contributed by atoms with Gasteiger partial charge < -0.3 is 14.8 Å². The first kappa shape index (κ1) is 11.1. The smallest absolute Gasteiger partial charge is 0.348 e. The minimum absolute atomic E-state index is 0.187. The summed E-state index contributed by atoms with van der Waals surface area (Å²) in [7, 11) is -4.43. The number of hydrogen-bond donors (Lipinski definition) is 3. The minimum Gasteiger partial charge on any atom is -0.348 e. The maximum atomic E-state index is 12.2. The van der Waals surface area contributed by atoms with Crippen molar-refractivity contribution in [3.8, 4) is 0 Å². The second-order valence-corrected chi connectivity index (χ2v) is 4.80. The molecule has 0 bridgehead atoms. The first-order chi connectivity index (χ1) is 7.54. The fraction of sp³-hybridized carbons (Fsp3) is 0. The molecule has 0 radical (unpaired) electrons. The van der Waals surface area contributed by atoms with E-state index in [1.165, 1.54) is 0 Å². The molecule has 2 rings (SSSR count). The molecule has 0 amide bonds. The molecule has 0 saturated carbocycles. The first-order valence-corrected chi connectivity index (χ1v) is 6.09. The lowest BCUT2D eigenvalue weighted by atomic mass is 10.2. The van der Waals surface area contributed by atoms with Crippen LogP contribution in [0.15, 0.2) is 30.6 Å². The van der Waals surface area contributed by atoms with Crippen LogP contribution < -0.4 is 5.44 Å². The predicted molar refractivity (Wildman–Crippen MR) is 60.1 cm³/mol. The Kier molecular flexibility index (Phi) is 2.68. The third-order valence-electron chi connectivity index (χ3n) is 2.25. The van der Waals surface area contributed by atoms with Crippen LogP contribution in [0.25, 0.3) is 17.0 Å². The van der Waals surface area contributed by atoms with Gasteiger partial charge in [0, 0.05) is 16.5 Å². The van der Waals surface area contributed by atoms with Crippen molar-refractivity contribution in [3.05, 3.63) is 36.2 Å². The Morgan fingerprint density at radius 1 is 1.31 bits per heavy atom. The fourth-order valence-corrected chi connectivity index (χ4v) is 2.39. The lowest BCUT2D eigenvalue weighted by molar-refractivity contribution is 0.386. The van der Waals surface area contributed by atoms with Crippen LogP contribution in [0.3, 0.4) is 0 Å². The SMILES string of the molecule is O=P(O)(O)c1[nH]c2ccccc2c1C=CF. The number of fused-ring (bicyclic) bond motifs is 1. The van der Waals surface area contributed by atoms with Crippen LogP contribution in [0.1, 0.15) is 5.56 Å². The number of hydrogen-bond acceptors (Lipinski definition) is 1. The molecule has 0 aliphatic carbocycles. The Morgan fingerprint density at radius 2 is 2.00 bits per heavy atom. The van der Waals surface area contributed by atoms with Gasteiger partial charge >= 0.3 is 7.60 Å². The molecule has 0 saturated heterocycles. The topological polar surface area (TPSA) is 73.3 Å². The zero-order valence-corrected chi connectivity index (χ0v) is 8.99. The second-order valence-electron chi connectivity index (χ2n) is 3.27. The van der Waals surface area contributed by atoms with E-state index in [1.54, 1.807) is 24.3 Å². The summed E-state index contributed by atoms with van der Waals surface area (Å²) in [5.41, 5.74) is 0.489. The molecule has 0 aliphatic heterocycles. The van der Waals surface area contributed by atoms with E-state index in [4.69, 9.17) is 9.79 Å². The van der Waals surface area contributed by atoms with Gasteiger partial charge in [-0.05, 0) is 12.1 Å². The first-order valence-electron chi connectivity index (χ1n) is 4.47. The molecule has 1 aromatic carbocycles. The third-order valence-corrected chi connectivity index (χ3v) is 3.18. The Hall–Kier alpha value is -1.42. The molecule has 6 heteroatoms. The minimum atomic E-state index is -4.43. The quantitative estimate of drug-likeness (QED) is 0.703. The van der Waals surface area contributed by atoms with Crippen LogP contribution in [0, 0.1) is 0 Å². The van der Waals surface area contributed by atoms with Gasteiger partial charge in [-0.15, -0.1) is 0 Å². The van der Waals surface area contributed by atoms with Crippen molar-refractivity contribution in [2.75, 3.05) is 0 Å². The molecular weight excluding hydrogens is 232 g/mol. The molecule has 0 unspecified atom stereocenters. The lowest BCUT2D eigenvalue weighted by Gasteiger charge is -2.01. The third kappa shape index (κ3) is 1.80. The highest BCUT2D eigenvalue weighted by atomic mass is 31.2. The van der Waals surface area contributed by atoms with Crippen LogP contribution in [-0.4, -0.2) is 14.8 Å². The van der Waals surface area contributed by atoms with Crippen LogP contribution in [0.5, 0.6) is 0 Å². The van der Waals surface area contributed by atoms with E-state index in [0.29, 0.717) is 10.9 Å². The Bertz CT molecular complexity index is 599. The molecule has 1 aromatic heterocycles. The Morgan fingerprint density at radius 3 is 2.62 bits per heavy atom. The second kappa shape index (κ2) is 3.87. The van der Waals surface area contributed by atoms with Crippen LogP contribution >= 0.6 is 7.60 Å². The van der Waals surface area contributed by atoms with Gasteiger partial charge in [-0.25, -0.2) is 4.39 Å². The van der Waals surface area contributed by atoms with Crippen molar-refractivity contribution in [3.63, 3.8) is 0 Å². The summed E-state index contributed by atoms with van der Waals surface area (Å²) < 4.78 is 23.4. The molecule has 84 valence electrons. The number of benzene rings is 1. The van der Waals surface area contributed by atoms with E-state index in [9.17, 15) is 8.96 Å². The average Bonchev–Trinajstić information content (AvgIpc) is 2.58. The summed E-state index contributed by atoms with van der Waals surface area (Å²) in [5.74, 6) is 0. The highest BCUT2D eigenvalue weighted by molar-refractivity contribution is 7.60. The summed E-state index contributed by atoms with van der Waals surface area (Å²) >= 11 is 0. The average molecular weight is 241 g/mol. The monoisotopic (exact) mass is 241 g/mol. The van der Waals surface area contributed by atoms with Gasteiger partial charge in [0.2, 0.25) is 0 Å².